The summed E-state index contributed by atoms with van der Waals surface area (Å²) in [6, 6.07) is 14.8. The van der Waals surface area contributed by atoms with Crippen LogP contribution >= 0.6 is 11.6 Å². The Bertz CT molecular complexity index is 1170. The molecule has 2 aromatic heterocycles. The number of halogens is 2. The molecule has 0 fully saturated rings. The predicted octanol–water partition coefficient (Wildman–Crippen LogP) is 3.43. The number of rotatable bonds is 6. The predicted molar refractivity (Wildman–Crippen MR) is 106 cm³/mol. The number of aromatic nitrogens is 4. The van der Waals surface area contributed by atoms with E-state index in [-0.39, 0.29) is 17.2 Å². The average molecular weight is 399 g/mol. The zero-order valence-electron chi connectivity index (χ0n) is 14.6. The minimum absolute atomic E-state index is 0.255. The van der Waals surface area contributed by atoms with Crippen molar-refractivity contribution < 1.29 is 4.39 Å². The third-order valence-electron chi connectivity index (χ3n) is 4.11. The summed E-state index contributed by atoms with van der Waals surface area (Å²) in [6.45, 7) is 0.764. The van der Waals surface area contributed by atoms with Crippen LogP contribution < -0.4 is 16.2 Å². The monoisotopic (exact) mass is 398 g/mol. The topological polar surface area (TPSA) is 87.1 Å². The number of nitrogens with zero attached hydrogens (tertiary/aromatic N) is 3. The van der Waals surface area contributed by atoms with Crippen LogP contribution in [0.5, 0.6) is 0 Å². The number of aromatic amines is 1. The number of nitrogens with one attached hydrogen (secondary N) is 3. The van der Waals surface area contributed by atoms with Crippen LogP contribution in [0.3, 0.4) is 0 Å². The third kappa shape index (κ3) is 3.96. The summed E-state index contributed by atoms with van der Waals surface area (Å²) in [5.41, 5.74) is 1.89. The van der Waals surface area contributed by atoms with Crippen LogP contribution in [-0.2, 0) is 13.1 Å². The second-order valence-electron chi connectivity index (χ2n) is 6.10. The zero-order chi connectivity index (χ0) is 19.5. The summed E-state index contributed by atoms with van der Waals surface area (Å²) in [4.78, 5) is 21.0. The molecule has 0 aliphatic carbocycles. The highest BCUT2D eigenvalue weighted by molar-refractivity contribution is 6.31. The molecule has 0 radical (unpaired) electrons. The van der Waals surface area contributed by atoms with E-state index < -0.39 is 0 Å². The number of hydrogen-bond donors (Lipinski definition) is 3. The van der Waals surface area contributed by atoms with Gasteiger partial charge in [0.15, 0.2) is 0 Å². The molecule has 0 atom stereocenters. The van der Waals surface area contributed by atoms with Crippen molar-refractivity contribution in [3.63, 3.8) is 0 Å². The number of anilines is 2. The minimum atomic E-state index is -0.309. The molecule has 4 rings (SSSR count). The van der Waals surface area contributed by atoms with Crippen LogP contribution in [0.25, 0.3) is 5.78 Å². The summed E-state index contributed by atoms with van der Waals surface area (Å²) in [5, 5.41) is 9.72. The van der Waals surface area contributed by atoms with Gasteiger partial charge in [-0.15, -0.1) is 0 Å². The fourth-order valence-corrected chi connectivity index (χ4v) is 2.88. The number of fused-ring (bicyclic) bond motifs is 1. The van der Waals surface area contributed by atoms with Crippen molar-refractivity contribution in [3.05, 3.63) is 87.0 Å². The van der Waals surface area contributed by atoms with Crippen LogP contribution in [0, 0.1) is 5.82 Å². The maximum atomic E-state index is 13.0. The Labute approximate surface area is 164 Å². The fourth-order valence-electron chi connectivity index (χ4n) is 2.68. The molecule has 0 saturated carbocycles. The summed E-state index contributed by atoms with van der Waals surface area (Å²) in [6.07, 6.45) is 0. The molecule has 0 aliphatic heterocycles. The molecule has 2 heterocycles. The van der Waals surface area contributed by atoms with Gasteiger partial charge in [-0.05, 0) is 35.9 Å². The summed E-state index contributed by atoms with van der Waals surface area (Å²) in [7, 11) is 0. The van der Waals surface area contributed by atoms with Gasteiger partial charge in [0.05, 0.1) is 12.2 Å². The Morgan fingerprint density at radius 1 is 1.04 bits per heavy atom. The number of benzene rings is 2. The lowest BCUT2D eigenvalue weighted by Gasteiger charge is -2.05. The van der Waals surface area contributed by atoms with E-state index in [0.717, 1.165) is 11.3 Å². The van der Waals surface area contributed by atoms with Gasteiger partial charge < -0.3 is 10.6 Å². The van der Waals surface area contributed by atoms with Gasteiger partial charge in [0.25, 0.3) is 11.3 Å². The maximum absolute atomic E-state index is 13.0. The van der Waals surface area contributed by atoms with Crippen LogP contribution in [0.4, 0.5) is 16.0 Å². The molecule has 0 spiro atoms. The second kappa shape index (κ2) is 7.69. The molecule has 0 bridgehead atoms. The molecule has 0 unspecified atom stereocenters. The van der Waals surface area contributed by atoms with Gasteiger partial charge in [0.2, 0.25) is 5.95 Å². The van der Waals surface area contributed by atoms with E-state index >= 15 is 0 Å². The third-order valence-corrected chi connectivity index (χ3v) is 4.47. The van der Waals surface area contributed by atoms with E-state index in [1.807, 2.05) is 24.3 Å². The lowest BCUT2D eigenvalue weighted by Crippen LogP contribution is -2.17. The van der Waals surface area contributed by atoms with Crippen molar-refractivity contribution >= 4 is 29.0 Å². The average Bonchev–Trinajstić information content (AvgIpc) is 3.11. The van der Waals surface area contributed by atoms with Gasteiger partial charge in [0.1, 0.15) is 5.82 Å². The highest BCUT2D eigenvalue weighted by Crippen LogP contribution is 2.16. The van der Waals surface area contributed by atoms with Gasteiger partial charge in [0, 0.05) is 23.3 Å². The first-order chi connectivity index (χ1) is 13.6. The first kappa shape index (κ1) is 18.0. The lowest BCUT2D eigenvalue weighted by molar-refractivity contribution is 0.628. The fraction of sp³-hybridized carbons (Fsp3) is 0.105. The van der Waals surface area contributed by atoms with Gasteiger partial charge in [-0.1, -0.05) is 29.8 Å². The molecule has 28 heavy (non-hydrogen) atoms. The molecule has 0 saturated heterocycles. The van der Waals surface area contributed by atoms with Crippen molar-refractivity contribution in [1.29, 1.82) is 0 Å². The van der Waals surface area contributed by atoms with Gasteiger partial charge in [-0.3, -0.25) is 9.89 Å². The smallest absolute Gasteiger partial charge is 0.274 e. The molecule has 4 aromatic rings. The Kier molecular flexibility index (Phi) is 4.94. The van der Waals surface area contributed by atoms with Crippen molar-refractivity contribution in [2.75, 3.05) is 10.6 Å². The lowest BCUT2D eigenvalue weighted by atomic mass is 10.2. The summed E-state index contributed by atoms with van der Waals surface area (Å²) < 4.78 is 14.2. The summed E-state index contributed by atoms with van der Waals surface area (Å²) in [5.74, 6) is 0.356. The Balaban J connectivity index is 1.49. The van der Waals surface area contributed by atoms with Crippen molar-refractivity contribution in [2.45, 2.75) is 13.1 Å². The van der Waals surface area contributed by atoms with Gasteiger partial charge in [-0.25, -0.2) is 9.37 Å². The van der Waals surface area contributed by atoms with Crippen molar-refractivity contribution in [3.8, 4) is 0 Å². The Morgan fingerprint density at radius 2 is 1.82 bits per heavy atom. The SMILES string of the molecule is O=c1cc(CNc2ccc(F)cc2)nc2nc(NCc3ccccc3Cl)[nH]n12. The first-order valence-electron chi connectivity index (χ1n) is 8.54. The second-order valence-corrected chi connectivity index (χ2v) is 6.51. The van der Waals surface area contributed by atoms with Crippen molar-refractivity contribution in [1.82, 2.24) is 19.6 Å². The molecule has 0 aliphatic rings. The molecule has 0 amide bonds. The van der Waals surface area contributed by atoms with E-state index in [1.165, 1.54) is 22.7 Å². The molecular weight excluding hydrogens is 383 g/mol. The van der Waals surface area contributed by atoms with Gasteiger partial charge >= 0.3 is 0 Å². The van der Waals surface area contributed by atoms with E-state index in [0.29, 0.717) is 29.8 Å². The zero-order valence-corrected chi connectivity index (χ0v) is 15.4. The van der Waals surface area contributed by atoms with Crippen molar-refractivity contribution in [2.24, 2.45) is 0 Å². The number of hydrogen-bond acceptors (Lipinski definition) is 5. The van der Waals surface area contributed by atoms with Crippen LogP contribution in [-0.4, -0.2) is 19.6 Å². The summed E-state index contributed by atoms with van der Waals surface area (Å²) >= 11 is 6.14. The van der Waals surface area contributed by atoms with Crippen LogP contribution in [0.2, 0.25) is 5.02 Å². The van der Waals surface area contributed by atoms with E-state index in [9.17, 15) is 9.18 Å². The van der Waals surface area contributed by atoms with E-state index in [2.05, 4.69) is 25.7 Å². The molecule has 142 valence electrons. The molecular formula is C19H16ClFN6O. The maximum Gasteiger partial charge on any atom is 0.274 e. The van der Waals surface area contributed by atoms with Crippen LogP contribution in [0.1, 0.15) is 11.3 Å². The normalized spacial score (nSPS) is 10.9. The minimum Gasteiger partial charge on any atom is -0.379 e. The standard InChI is InChI=1S/C19H16ClFN6O/c20-16-4-2-1-3-12(16)10-23-18-25-19-24-15(9-17(28)27(19)26-18)11-22-14-7-5-13(21)6-8-14/h1-9,22H,10-11H2,(H2,23,24,25,26). The molecule has 9 heteroatoms. The Morgan fingerprint density at radius 3 is 2.61 bits per heavy atom. The largest absolute Gasteiger partial charge is 0.379 e. The van der Waals surface area contributed by atoms with E-state index in [4.69, 9.17) is 11.6 Å². The van der Waals surface area contributed by atoms with Gasteiger partial charge in [-0.2, -0.15) is 9.50 Å². The highest BCUT2D eigenvalue weighted by atomic mass is 35.5. The first-order valence-corrected chi connectivity index (χ1v) is 8.92. The van der Waals surface area contributed by atoms with Crippen LogP contribution in [0.15, 0.2) is 59.4 Å². The molecule has 7 nitrogen and oxygen atoms in total. The molecule has 3 N–H and O–H groups in total. The quantitative estimate of drug-likeness (QED) is 0.463. The number of H-pyrrole nitrogens is 1. The Hall–Kier alpha value is -3.39. The van der Waals surface area contributed by atoms with E-state index in [1.54, 1.807) is 12.1 Å². The highest BCUT2D eigenvalue weighted by Gasteiger charge is 2.09. The molecule has 2 aromatic carbocycles.